The highest BCUT2D eigenvalue weighted by atomic mass is 32.2. The largest absolute Gasteiger partial charge is 0.465 e. The maximum Gasteiger partial charge on any atom is 0.315 e. The van der Waals surface area contributed by atoms with E-state index in [1.165, 1.54) is 22.7 Å². The molecule has 0 aromatic heterocycles. The van der Waals surface area contributed by atoms with E-state index in [0.717, 1.165) is 0 Å². The van der Waals surface area contributed by atoms with Gasteiger partial charge in [0.25, 0.3) is 0 Å². The monoisotopic (exact) mass is 299 g/mol. The summed E-state index contributed by atoms with van der Waals surface area (Å²) in [6.45, 7) is 2.28. The van der Waals surface area contributed by atoms with Gasteiger partial charge in [0.1, 0.15) is 5.82 Å². The van der Waals surface area contributed by atoms with Crippen molar-refractivity contribution in [2.24, 2.45) is 0 Å². The van der Waals surface area contributed by atoms with Crippen LogP contribution < -0.4 is 0 Å². The van der Waals surface area contributed by atoms with Crippen LogP contribution in [0, 0.1) is 5.82 Å². The second-order valence-corrected chi connectivity index (χ2v) is 5.12. The number of thioether (sulfide) groups is 1. The third-order valence-electron chi connectivity index (χ3n) is 2.54. The molecule has 0 aliphatic heterocycles. The fourth-order valence-electron chi connectivity index (χ4n) is 1.50. The second-order valence-electron chi connectivity index (χ2n) is 4.14. The molecule has 0 fully saturated rings. The van der Waals surface area contributed by atoms with Crippen LogP contribution in [0.2, 0.25) is 0 Å². The normalized spacial score (nSPS) is 10.2. The second kappa shape index (κ2) is 8.58. The molecular formula is C14H18FNO3S. The fraction of sp³-hybridized carbons (Fsp3) is 0.429. The maximum atomic E-state index is 13.5. The molecule has 1 aromatic carbocycles. The summed E-state index contributed by atoms with van der Waals surface area (Å²) in [5, 5.41) is 0. The van der Waals surface area contributed by atoms with Crippen molar-refractivity contribution in [3.05, 3.63) is 35.6 Å². The quantitative estimate of drug-likeness (QED) is 0.723. The Morgan fingerprint density at radius 1 is 1.30 bits per heavy atom. The molecule has 110 valence electrons. The molecule has 0 atom stereocenters. The van der Waals surface area contributed by atoms with E-state index in [-0.39, 0.29) is 35.7 Å². The Labute approximate surface area is 122 Å². The van der Waals surface area contributed by atoms with Gasteiger partial charge in [0.05, 0.1) is 18.1 Å². The first-order valence-electron chi connectivity index (χ1n) is 6.25. The Bertz CT molecular complexity index is 467. The lowest BCUT2D eigenvalue weighted by molar-refractivity contribution is -0.139. The summed E-state index contributed by atoms with van der Waals surface area (Å²) in [5.74, 6) is -0.493. The molecule has 0 saturated carbocycles. The van der Waals surface area contributed by atoms with Gasteiger partial charge in [-0.1, -0.05) is 18.2 Å². The number of carbonyl (C=O) groups excluding carboxylic acids is 2. The van der Waals surface area contributed by atoms with Crippen molar-refractivity contribution < 1.29 is 18.7 Å². The lowest BCUT2D eigenvalue weighted by Gasteiger charge is -2.17. The highest BCUT2D eigenvalue weighted by Gasteiger charge is 2.12. The minimum absolute atomic E-state index is 0.146. The predicted octanol–water partition coefficient (Wildman–Crippen LogP) is 2.08. The molecule has 20 heavy (non-hydrogen) atoms. The molecule has 6 heteroatoms. The van der Waals surface area contributed by atoms with Crippen molar-refractivity contribution in [3.8, 4) is 0 Å². The van der Waals surface area contributed by atoms with Gasteiger partial charge in [0.15, 0.2) is 0 Å². The molecule has 0 aliphatic rings. The smallest absolute Gasteiger partial charge is 0.315 e. The molecule has 4 nitrogen and oxygen atoms in total. The Balaban J connectivity index is 2.36. The van der Waals surface area contributed by atoms with E-state index in [2.05, 4.69) is 0 Å². The van der Waals surface area contributed by atoms with Crippen molar-refractivity contribution in [2.45, 2.75) is 13.5 Å². The average molecular weight is 299 g/mol. The van der Waals surface area contributed by atoms with Crippen molar-refractivity contribution in [1.82, 2.24) is 4.90 Å². The SMILES string of the molecule is CCOC(=O)CSCC(=O)N(C)Cc1ccccc1F. The lowest BCUT2D eigenvalue weighted by atomic mass is 10.2. The number of hydrogen-bond donors (Lipinski definition) is 0. The Kier molecular flexibility index (Phi) is 7.08. The molecule has 0 saturated heterocycles. The topological polar surface area (TPSA) is 46.6 Å². The van der Waals surface area contributed by atoms with Gasteiger partial charge in [-0.15, -0.1) is 11.8 Å². The van der Waals surface area contributed by atoms with Crippen LogP contribution in [0.1, 0.15) is 12.5 Å². The van der Waals surface area contributed by atoms with E-state index < -0.39 is 0 Å². The number of amides is 1. The van der Waals surface area contributed by atoms with Gasteiger partial charge in [-0.2, -0.15) is 0 Å². The van der Waals surface area contributed by atoms with Gasteiger partial charge in [-0.3, -0.25) is 9.59 Å². The number of rotatable bonds is 7. The van der Waals surface area contributed by atoms with E-state index >= 15 is 0 Å². The third-order valence-corrected chi connectivity index (χ3v) is 3.43. The molecule has 0 spiro atoms. The maximum absolute atomic E-state index is 13.5. The van der Waals surface area contributed by atoms with E-state index in [0.29, 0.717) is 12.2 Å². The van der Waals surface area contributed by atoms with Crippen molar-refractivity contribution >= 4 is 23.6 Å². The Morgan fingerprint density at radius 3 is 2.65 bits per heavy atom. The van der Waals surface area contributed by atoms with Crippen LogP contribution in [0.25, 0.3) is 0 Å². The van der Waals surface area contributed by atoms with Crippen LogP contribution in [-0.2, 0) is 20.9 Å². The van der Waals surface area contributed by atoms with Crippen LogP contribution in [0.3, 0.4) is 0 Å². The molecule has 0 heterocycles. The van der Waals surface area contributed by atoms with Crippen LogP contribution in [-0.4, -0.2) is 41.9 Å². The molecule has 1 aromatic rings. The first-order valence-corrected chi connectivity index (χ1v) is 7.40. The van der Waals surface area contributed by atoms with E-state index in [1.807, 2.05) is 0 Å². The number of ether oxygens (including phenoxy) is 1. The number of nitrogens with zero attached hydrogens (tertiary/aromatic N) is 1. The predicted molar refractivity (Wildman–Crippen MR) is 76.8 cm³/mol. The van der Waals surface area contributed by atoms with Crippen LogP contribution in [0.4, 0.5) is 4.39 Å². The molecule has 1 amide bonds. The zero-order valence-electron chi connectivity index (χ0n) is 11.6. The minimum Gasteiger partial charge on any atom is -0.465 e. The average Bonchev–Trinajstić information content (AvgIpc) is 2.41. The van der Waals surface area contributed by atoms with Gasteiger partial charge in [-0.25, -0.2) is 4.39 Å². The number of carbonyl (C=O) groups is 2. The van der Waals surface area contributed by atoms with Gasteiger partial charge in [0.2, 0.25) is 5.91 Å². The van der Waals surface area contributed by atoms with Gasteiger partial charge in [0, 0.05) is 19.2 Å². The van der Waals surface area contributed by atoms with E-state index in [4.69, 9.17) is 4.74 Å². The first kappa shape index (κ1) is 16.5. The Morgan fingerprint density at radius 2 is 2.00 bits per heavy atom. The highest BCUT2D eigenvalue weighted by molar-refractivity contribution is 8.00. The summed E-state index contributed by atoms with van der Waals surface area (Å²) in [6.07, 6.45) is 0. The Hall–Kier alpha value is -1.56. The minimum atomic E-state index is -0.331. The van der Waals surface area contributed by atoms with E-state index in [9.17, 15) is 14.0 Å². The lowest BCUT2D eigenvalue weighted by Crippen LogP contribution is -2.28. The van der Waals surface area contributed by atoms with Crippen molar-refractivity contribution in [3.63, 3.8) is 0 Å². The fourth-order valence-corrected chi connectivity index (χ4v) is 2.25. The van der Waals surface area contributed by atoms with Crippen LogP contribution in [0.15, 0.2) is 24.3 Å². The van der Waals surface area contributed by atoms with Crippen LogP contribution in [0.5, 0.6) is 0 Å². The summed E-state index contributed by atoms with van der Waals surface area (Å²) in [4.78, 5) is 24.4. The number of esters is 1. The van der Waals surface area contributed by atoms with Gasteiger partial charge >= 0.3 is 5.97 Å². The molecule has 0 bridgehead atoms. The summed E-state index contributed by atoms with van der Waals surface area (Å²) in [5.41, 5.74) is 0.471. The van der Waals surface area contributed by atoms with Gasteiger partial charge < -0.3 is 9.64 Å². The summed E-state index contributed by atoms with van der Waals surface area (Å²) >= 11 is 1.19. The summed E-state index contributed by atoms with van der Waals surface area (Å²) in [7, 11) is 1.61. The zero-order chi connectivity index (χ0) is 15.0. The first-order chi connectivity index (χ1) is 9.54. The molecular weight excluding hydrogens is 281 g/mol. The molecule has 1 rings (SSSR count). The zero-order valence-corrected chi connectivity index (χ0v) is 12.4. The number of hydrogen-bond acceptors (Lipinski definition) is 4. The van der Waals surface area contributed by atoms with E-state index in [1.54, 1.807) is 32.2 Å². The van der Waals surface area contributed by atoms with Gasteiger partial charge in [-0.05, 0) is 13.0 Å². The summed E-state index contributed by atoms with van der Waals surface area (Å²) in [6, 6.07) is 6.34. The molecule has 0 radical (unpaired) electrons. The number of benzene rings is 1. The molecule has 0 N–H and O–H groups in total. The molecule has 0 unspecified atom stereocenters. The molecule has 0 aliphatic carbocycles. The number of halogens is 1. The highest BCUT2D eigenvalue weighted by Crippen LogP contribution is 2.10. The summed E-state index contributed by atoms with van der Waals surface area (Å²) < 4.78 is 18.2. The third kappa shape index (κ3) is 5.61. The van der Waals surface area contributed by atoms with Crippen molar-refractivity contribution in [2.75, 3.05) is 25.2 Å². The van der Waals surface area contributed by atoms with Crippen LogP contribution >= 0.6 is 11.8 Å². The standard InChI is InChI=1S/C14H18FNO3S/c1-3-19-14(18)10-20-9-13(17)16(2)8-11-6-4-5-7-12(11)15/h4-7H,3,8-10H2,1-2H3. The van der Waals surface area contributed by atoms with Crippen molar-refractivity contribution in [1.29, 1.82) is 0 Å².